The summed E-state index contributed by atoms with van der Waals surface area (Å²) < 4.78 is 5.33. The smallest absolute Gasteiger partial charge is 0.137 e. The second-order valence-electron chi connectivity index (χ2n) is 2.87. The van der Waals surface area contributed by atoms with Gasteiger partial charge in [0.25, 0.3) is 0 Å². The SMILES string of the molecule is COc1c(SC)cccc1C(C)N. The fourth-order valence-electron chi connectivity index (χ4n) is 1.27. The molecular formula is C10H15NOS. The number of nitrogens with two attached hydrogens (primary N) is 1. The van der Waals surface area contributed by atoms with Gasteiger partial charge in [-0.2, -0.15) is 0 Å². The maximum absolute atomic E-state index is 5.82. The number of hydrogen-bond acceptors (Lipinski definition) is 3. The van der Waals surface area contributed by atoms with E-state index in [1.807, 2.05) is 31.4 Å². The summed E-state index contributed by atoms with van der Waals surface area (Å²) in [5.41, 5.74) is 6.89. The van der Waals surface area contributed by atoms with E-state index in [9.17, 15) is 0 Å². The Labute approximate surface area is 83.5 Å². The Morgan fingerprint density at radius 2 is 2.15 bits per heavy atom. The van der Waals surface area contributed by atoms with Gasteiger partial charge in [-0.1, -0.05) is 12.1 Å². The maximum Gasteiger partial charge on any atom is 0.137 e. The number of para-hydroxylation sites is 1. The molecule has 0 bridgehead atoms. The highest BCUT2D eigenvalue weighted by atomic mass is 32.2. The van der Waals surface area contributed by atoms with Crippen LogP contribution in [0.3, 0.4) is 0 Å². The first-order valence-electron chi connectivity index (χ1n) is 4.17. The van der Waals surface area contributed by atoms with Crippen molar-refractivity contribution in [3.63, 3.8) is 0 Å². The summed E-state index contributed by atoms with van der Waals surface area (Å²) in [6.45, 7) is 1.96. The van der Waals surface area contributed by atoms with E-state index < -0.39 is 0 Å². The summed E-state index contributed by atoms with van der Waals surface area (Å²) in [4.78, 5) is 1.14. The number of methoxy groups -OCH3 is 1. The Morgan fingerprint density at radius 3 is 2.62 bits per heavy atom. The first-order chi connectivity index (χ1) is 6.20. The van der Waals surface area contributed by atoms with E-state index in [2.05, 4.69) is 0 Å². The van der Waals surface area contributed by atoms with E-state index in [1.54, 1.807) is 18.9 Å². The molecule has 72 valence electrons. The van der Waals surface area contributed by atoms with Crippen LogP contribution < -0.4 is 10.5 Å². The third kappa shape index (κ3) is 2.17. The zero-order valence-electron chi connectivity index (χ0n) is 8.20. The van der Waals surface area contributed by atoms with Crippen molar-refractivity contribution >= 4 is 11.8 Å². The highest BCUT2D eigenvalue weighted by molar-refractivity contribution is 7.98. The fraction of sp³-hybridized carbons (Fsp3) is 0.400. The van der Waals surface area contributed by atoms with E-state index in [-0.39, 0.29) is 6.04 Å². The van der Waals surface area contributed by atoms with E-state index in [4.69, 9.17) is 10.5 Å². The van der Waals surface area contributed by atoms with Crippen molar-refractivity contribution in [3.05, 3.63) is 23.8 Å². The average Bonchev–Trinajstić information content (AvgIpc) is 2.16. The second-order valence-corrected chi connectivity index (χ2v) is 3.72. The molecule has 0 spiro atoms. The van der Waals surface area contributed by atoms with Gasteiger partial charge in [-0.3, -0.25) is 0 Å². The molecule has 2 nitrogen and oxygen atoms in total. The standard InChI is InChI=1S/C10H15NOS/c1-7(11)8-5-4-6-9(13-3)10(8)12-2/h4-7H,11H2,1-3H3. The molecule has 0 aliphatic rings. The minimum atomic E-state index is 0.0158. The molecule has 0 radical (unpaired) electrons. The Kier molecular flexibility index (Phi) is 3.63. The maximum atomic E-state index is 5.82. The van der Waals surface area contributed by atoms with Crippen molar-refractivity contribution in [3.8, 4) is 5.75 Å². The zero-order chi connectivity index (χ0) is 9.84. The summed E-state index contributed by atoms with van der Waals surface area (Å²) in [5.74, 6) is 0.907. The fourth-order valence-corrected chi connectivity index (χ4v) is 1.87. The number of ether oxygens (including phenoxy) is 1. The first kappa shape index (κ1) is 10.4. The van der Waals surface area contributed by atoms with Crippen LogP contribution in [0.15, 0.2) is 23.1 Å². The molecule has 0 amide bonds. The third-order valence-electron chi connectivity index (χ3n) is 1.92. The molecule has 1 rings (SSSR count). The van der Waals surface area contributed by atoms with Crippen LogP contribution >= 0.6 is 11.8 Å². The van der Waals surface area contributed by atoms with E-state index in [0.29, 0.717) is 0 Å². The molecule has 1 atom stereocenters. The molecule has 0 heterocycles. The van der Waals surface area contributed by atoms with Gasteiger partial charge in [0.1, 0.15) is 5.75 Å². The number of benzene rings is 1. The number of hydrogen-bond donors (Lipinski definition) is 1. The van der Waals surface area contributed by atoms with Gasteiger partial charge in [0.2, 0.25) is 0 Å². The number of rotatable bonds is 3. The lowest BCUT2D eigenvalue weighted by Crippen LogP contribution is -2.07. The van der Waals surface area contributed by atoms with Crippen LogP contribution in [0, 0.1) is 0 Å². The third-order valence-corrected chi connectivity index (χ3v) is 2.69. The highest BCUT2D eigenvalue weighted by Gasteiger charge is 2.10. The molecule has 3 heteroatoms. The van der Waals surface area contributed by atoms with Crippen molar-refractivity contribution in [2.45, 2.75) is 17.9 Å². The van der Waals surface area contributed by atoms with Crippen LogP contribution in [0.25, 0.3) is 0 Å². The Morgan fingerprint density at radius 1 is 1.46 bits per heavy atom. The van der Waals surface area contributed by atoms with Gasteiger partial charge >= 0.3 is 0 Å². The lowest BCUT2D eigenvalue weighted by molar-refractivity contribution is 0.397. The molecule has 0 saturated heterocycles. The average molecular weight is 197 g/mol. The highest BCUT2D eigenvalue weighted by Crippen LogP contribution is 2.33. The van der Waals surface area contributed by atoms with Crippen LogP contribution in [-0.2, 0) is 0 Å². The van der Waals surface area contributed by atoms with Crippen molar-refractivity contribution < 1.29 is 4.74 Å². The normalized spacial score (nSPS) is 12.6. The van der Waals surface area contributed by atoms with Crippen LogP contribution in [0.1, 0.15) is 18.5 Å². The van der Waals surface area contributed by atoms with Gasteiger partial charge in [-0.25, -0.2) is 0 Å². The first-order valence-corrected chi connectivity index (χ1v) is 5.39. The lowest BCUT2D eigenvalue weighted by atomic mass is 10.1. The van der Waals surface area contributed by atoms with Gasteiger partial charge in [0.05, 0.1) is 7.11 Å². The molecule has 1 aromatic rings. The molecule has 0 aromatic heterocycles. The van der Waals surface area contributed by atoms with Crippen LogP contribution in [0.4, 0.5) is 0 Å². The molecular weight excluding hydrogens is 182 g/mol. The molecule has 1 aromatic carbocycles. The predicted molar refractivity (Wildman–Crippen MR) is 57.4 cm³/mol. The Hall–Kier alpha value is -0.670. The van der Waals surface area contributed by atoms with Crippen LogP contribution in [-0.4, -0.2) is 13.4 Å². The van der Waals surface area contributed by atoms with Gasteiger partial charge in [-0.05, 0) is 19.2 Å². The predicted octanol–water partition coefficient (Wildman–Crippen LogP) is 2.44. The molecule has 1 unspecified atom stereocenters. The van der Waals surface area contributed by atoms with Crippen molar-refractivity contribution in [2.24, 2.45) is 5.73 Å². The summed E-state index contributed by atoms with van der Waals surface area (Å²) in [6, 6.07) is 6.06. The topological polar surface area (TPSA) is 35.2 Å². The molecule has 2 N–H and O–H groups in total. The van der Waals surface area contributed by atoms with Crippen molar-refractivity contribution in [1.29, 1.82) is 0 Å². The minimum Gasteiger partial charge on any atom is -0.495 e. The van der Waals surface area contributed by atoms with Gasteiger partial charge in [0, 0.05) is 16.5 Å². The minimum absolute atomic E-state index is 0.0158. The Bertz CT molecular complexity index is 286. The molecule has 13 heavy (non-hydrogen) atoms. The zero-order valence-corrected chi connectivity index (χ0v) is 9.02. The second kappa shape index (κ2) is 4.53. The molecule has 0 aliphatic heterocycles. The van der Waals surface area contributed by atoms with Crippen molar-refractivity contribution in [2.75, 3.05) is 13.4 Å². The van der Waals surface area contributed by atoms with Crippen molar-refractivity contribution in [1.82, 2.24) is 0 Å². The van der Waals surface area contributed by atoms with E-state index in [0.717, 1.165) is 16.2 Å². The summed E-state index contributed by atoms with van der Waals surface area (Å²) in [6.07, 6.45) is 2.03. The summed E-state index contributed by atoms with van der Waals surface area (Å²) in [7, 11) is 1.68. The summed E-state index contributed by atoms with van der Waals surface area (Å²) in [5, 5.41) is 0. The Balaban J connectivity index is 3.19. The largest absolute Gasteiger partial charge is 0.495 e. The molecule has 0 saturated carbocycles. The molecule has 0 aliphatic carbocycles. The molecule has 0 fully saturated rings. The van der Waals surface area contributed by atoms with Gasteiger partial charge < -0.3 is 10.5 Å². The van der Waals surface area contributed by atoms with Crippen LogP contribution in [0.5, 0.6) is 5.75 Å². The monoisotopic (exact) mass is 197 g/mol. The lowest BCUT2D eigenvalue weighted by Gasteiger charge is -2.14. The van der Waals surface area contributed by atoms with Crippen LogP contribution in [0.2, 0.25) is 0 Å². The number of thioether (sulfide) groups is 1. The van der Waals surface area contributed by atoms with E-state index in [1.165, 1.54) is 0 Å². The quantitative estimate of drug-likeness (QED) is 0.756. The van der Waals surface area contributed by atoms with E-state index >= 15 is 0 Å². The summed E-state index contributed by atoms with van der Waals surface area (Å²) >= 11 is 1.67. The van der Waals surface area contributed by atoms with Gasteiger partial charge in [-0.15, -0.1) is 11.8 Å². The van der Waals surface area contributed by atoms with Gasteiger partial charge in [0.15, 0.2) is 0 Å².